The predicted molar refractivity (Wildman–Crippen MR) is 232 cm³/mol. The van der Waals surface area contributed by atoms with E-state index in [1.165, 1.54) is 7.11 Å². The number of likely N-dealkylation sites (tertiary alicyclic amines) is 1. The van der Waals surface area contributed by atoms with E-state index in [-0.39, 0.29) is 45.1 Å². The lowest BCUT2D eigenvalue weighted by atomic mass is 9.64. The molecule has 13 nitrogen and oxygen atoms in total. The predicted octanol–water partition coefficient (Wildman–Crippen LogP) is 6.03. The number of imide groups is 1. The lowest BCUT2D eigenvalue weighted by Crippen LogP contribution is -2.56. The van der Waals surface area contributed by atoms with Crippen molar-refractivity contribution in [3.8, 4) is 17.6 Å². The standard InChI is InChI=1S/C50H53N3O10/c1-60-31-32-62-49(59)52-39-25-24-34(17-13-16-28-54)33-38(39)50(48(52)58)41(46(56)51-26-14-3-2-4-15-27-51)43-47(57)63-44(36-20-9-6-10-21-36)42(35-18-7-5-8-19-35)53(43)45(50)37-22-11-12-23-40(37)61-30-29-55/h5-12,18-25,33,41-45,54-55H,2-4,14-16,26-32H2,1H3. The van der Waals surface area contributed by atoms with Gasteiger partial charge in [-0.2, -0.15) is 0 Å². The van der Waals surface area contributed by atoms with Crippen molar-refractivity contribution in [1.29, 1.82) is 0 Å². The van der Waals surface area contributed by atoms with Crippen LogP contribution in [0.25, 0.3) is 0 Å². The maximum absolute atomic E-state index is 16.4. The molecule has 0 radical (unpaired) electrons. The Bertz CT molecular complexity index is 2340. The molecule has 2 N–H and O–H groups in total. The van der Waals surface area contributed by atoms with Gasteiger partial charge in [0.1, 0.15) is 36.5 Å². The van der Waals surface area contributed by atoms with Crippen LogP contribution in [-0.4, -0.2) is 103 Å². The molecule has 3 saturated heterocycles. The number of cyclic esters (lactones) is 1. The van der Waals surface area contributed by atoms with Gasteiger partial charge in [-0.25, -0.2) is 9.69 Å². The molecular weight excluding hydrogens is 803 g/mol. The number of anilines is 1. The minimum Gasteiger partial charge on any atom is -0.491 e. The summed E-state index contributed by atoms with van der Waals surface area (Å²) >= 11 is 0. The topological polar surface area (TPSA) is 155 Å². The molecule has 0 bridgehead atoms. The van der Waals surface area contributed by atoms with Gasteiger partial charge in [-0.1, -0.05) is 110 Å². The number of esters is 1. The van der Waals surface area contributed by atoms with Crippen molar-refractivity contribution < 1.29 is 48.3 Å². The number of fused-ring (bicyclic) bond motifs is 3. The molecule has 3 amide bonds. The fraction of sp³-hybridized carbons (Fsp3) is 0.400. The summed E-state index contributed by atoms with van der Waals surface area (Å²) in [7, 11) is 1.47. The van der Waals surface area contributed by atoms with Gasteiger partial charge in [-0.15, -0.1) is 0 Å². The van der Waals surface area contributed by atoms with Crippen molar-refractivity contribution in [3.63, 3.8) is 0 Å². The SMILES string of the molecule is COCCOC(=O)N1C(=O)C2(c3cc(C#CCCO)ccc31)C(C(=O)N1CCCCCCC1)C1C(=O)OC(c3ccccc3)C(c3ccccc3)N1C2c1ccccc1OCCO. The average molecular weight is 856 g/mol. The highest BCUT2D eigenvalue weighted by Crippen LogP contribution is 2.67. The van der Waals surface area contributed by atoms with Crippen LogP contribution < -0.4 is 9.64 Å². The molecule has 8 rings (SSSR count). The number of ether oxygens (including phenoxy) is 4. The first-order valence-electron chi connectivity index (χ1n) is 21.8. The van der Waals surface area contributed by atoms with Gasteiger partial charge in [-0.05, 0) is 53.8 Å². The number of hydrogen-bond acceptors (Lipinski definition) is 11. The highest BCUT2D eigenvalue weighted by molar-refractivity contribution is 6.23. The Morgan fingerprint density at radius 1 is 0.794 bits per heavy atom. The lowest BCUT2D eigenvalue weighted by molar-refractivity contribution is -0.179. The molecule has 6 atom stereocenters. The number of carbonyl (C=O) groups is 4. The van der Waals surface area contributed by atoms with Gasteiger partial charge in [0.05, 0.1) is 43.5 Å². The number of methoxy groups -OCH3 is 1. The van der Waals surface area contributed by atoms with Crippen LogP contribution >= 0.6 is 0 Å². The second-order valence-electron chi connectivity index (χ2n) is 16.2. The number of amides is 3. The van der Waals surface area contributed by atoms with E-state index in [0.717, 1.165) is 42.6 Å². The number of hydrogen-bond donors (Lipinski definition) is 2. The molecule has 4 aromatic rings. The molecule has 328 valence electrons. The number of morpholine rings is 1. The average Bonchev–Trinajstić information content (AvgIpc) is 3.75. The minimum absolute atomic E-state index is 0.0702. The summed E-state index contributed by atoms with van der Waals surface area (Å²) in [6.07, 6.45) is 2.67. The van der Waals surface area contributed by atoms with Crippen molar-refractivity contribution in [1.82, 2.24) is 9.80 Å². The molecule has 63 heavy (non-hydrogen) atoms. The fourth-order valence-corrected chi connectivity index (χ4v) is 10.1. The third kappa shape index (κ3) is 8.09. The third-order valence-corrected chi connectivity index (χ3v) is 12.6. The lowest BCUT2D eigenvalue weighted by Gasteiger charge is -2.46. The maximum atomic E-state index is 16.4. The first kappa shape index (κ1) is 43.6. The third-order valence-electron chi connectivity index (χ3n) is 12.6. The van der Waals surface area contributed by atoms with Crippen LogP contribution in [0, 0.1) is 17.8 Å². The Balaban J connectivity index is 1.48. The number of aliphatic hydroxyl groups excluding tert-OH is 2. The summed E-state index contributed by atoms with van der Waals surface area (Å²) < 4.78 is 23.8. The fourth-order valence-electron chi connectivity index (χ4n) is 10.1. The number of carbonyl (C=O) groups excluding carboxylic acids is 4. The van der Waals surface area contributed by atoms with E-state index in [2.05, 4.69) is 11.8 Å². The van der Waals surface area contributed by atoms with Crippen LogP contribution in [0.1, 0.15) is 84.5 Å². The summed E-state index contributed by atoms with van der Waals surface area (Å²) in [5.41, 5.74) is 0.892. The van der Waals surface area contributed by atoms with Gasteiger partial charge < -0.3 is 34.1 Å². The van der Waals surface area contributed by atoms with E-state index >= 15 is 14.4 Å². The largest absolute Gasteiger partial charge is 0.491 e. The van der Waals surface area contributed by atoms with Crippen LogP contribution in [0.15, 0.2) is 103 Å². The Morgan fingerprint density at radius 3 is 2.17 bits per heavy atom. The summed E-state index contributed by atoms with van der Waals surface area (Å²) in [5.74, 6) is 3.12. The normalized spacial score (nSPS) is 24.4. The monoisotopic (exact) mass is 855 g/mol. The van der Waals surface area contributed by atoms with Crippen LogP contribution in [0.2, 0.25) is 0 Å². The Kier molecular flexibility index (Phi) is 13.5. The zero-order valence-electron chi connectivity index (χ0n) is 35.4. The van der Waals surface area contributed by atoms with Crippen molar-refractivity contribution in [3.05, 3.63) is 131 Å². The molecule has 0 saturated carbocycles. The van der Waals surface area contributed by atoms with Crippen LogP contribution in [0.4, 0.5) is 10.5 Å². The summed E-state index contributed by atoms with van der Waals surface area (Å²) in [4.78, 5) is 67.1. The van der Waals surface area contributed by atoms with E-state index in [4.69, 9.17) is 18.9 Å². The molecule has 4 aliphatic rings. The van der Waals surface area contributed by atoms with Crippen molar-refractivity contribution in [2.75, 3.05) is 58.1 Å². The van der Waals surface area contributed by atoms with Gasteiger partial charge in [0, 0.05) is 37.7 Å². The van der Waals surface area contributed by atoms with Crippen LogP contribution in [0.5, 0.6) is 5.75 Å². The molecule has 1 spiro atoms. The molecule has 4 aromatic carbocycles. The number of benzene rings is 4. The molecule has 0 aliphatic carbocycles. The molecule has 6 unspecified atom stereocenters. The second kappa shape index (κ2) is 19.6. The minimum atomic E-state index is -2.01. The maximum Gasteiger partial charge on any atom is 0.421 e. The van der Waals surface area contributed by atoms with E-state index in [1.807, 2.05) is 71.6 Å². The zero-order valence-corrected chi connectivity index (χ0v) is 35.4. The summed E-state index contributed by atoms with van der Waals surface area (Å²) in [5, 5.41) is 19.7. The van der Waals surface area contributed by atoms with Crippen LogP contribution in [-0.2, 0) is 34.0 Å². The summed E-state index contributed by atoms with van der Waals surface area (Å²) in [6, 6.07) is 27.9. The van der Waals surface area contributed by atoms with E-state index < -0.39 is 59.4 Å². The van der Waals surface area contributed by atoms with Crippen LogP contribution in [0.3, 0.4) is 0 Å². The van der Waals surface area contributed by atoms with Gasteiger partial charge in [0.15, 0.2) is 0 Å². The first-order valence-corrected chi connectivity index (χ1v) is 21.8. The van der Waals surface area contributed by atoms with Crippen molar-refractivity contribution in [2.24, 2.45) is 5.92 Å². The van der Waals surface area contributed by atoms with Gasteiger partial charge >= 0.3 is 12.1 Å². The molecule has 4 aliphatic heterocycles. The number of para-hydroxylation sites is 1. The van der Waals surface area contributed by atoms with Crippen molar-refractivity contribution in [2.45, 2.75) is 68.2 Å². The molecule has 4 heterocycles. The molecule has 0 aromatic heterocycles. The van der Waals surface area contributed by atoms with Crippen molar-refractivity contribution >= 4 is 29.6 Å². The molecule has 3 fully saturated rings. The Morgan fingerprint density at radius 2 is 1.48 bits per heavy atom. The number of rotatable bonds is 11. The van der Waals surface area contributed by atoms with E-state index in [9.17, 15) is 15.0 Å². The number of aliphatic hydroxyl groups is 2. The van der Waals surface area contributed by atoms with E-state index in [1.54, 1.807) is 41.3 Å². The molecular formula is C50H53N3O10. The Labute approximate surface area is 367 Å². The van der Waals surface area contributed by atoms with Gasteiger partial charge in [0.2, 0.25) is 11.8 Å². The zero-order chi connectivity index (χ0) is 43.9. The molecule has 13 heteroatoms. The highest BCUT2D eigenvalue weighted by atomic mass is 16.6. The summed E-state index contributed by atoms with van der Waals surface area (Å²) in [6.45, 7) is 0.197. The second-order valence-corrected chi connectivity index (χ2v) is 16.2. The Hall–Kier alpha value is -6.04. The quantitative estimate of drug-likeness (QED) is 0.103. The van der Waals surface area contributed by atoms with Gasteiger partial charge in [-0.3, -0.25) is 19.3 Å². The number of nitrogens with zero attached hydrogens (tertiary/aromatic N) is 3. The van der Waals surface area contributed by atoms with Gasteiger partial charge in [0.25, 0.3) is 0 Å². The highest BCUT2D eigenvalue weighted by Gasteiger charge is 2.76. The smallest absolute Gasteiger partial charge is 0.421 e. The van der Waals surface area contributed by atoms with E-state index in [0.29, 0.717) is 41.1 Å². The first-order chi connectivity index (χ1) is 30.9.